The Balaban J connectivity index is 3.11. The molecule has 0 aliphatic heterocycles. The molecule has 0 aromatic heterocycles. The first kappa shape index (κ1) is 17.6. The number of rotatable bonds is 8. The quantitative estimate of drug-likeness (QED) is 0.384. The van der Waals surface area contributed by atoms with Gasteiger partial charge in [0.15, 0.2) is 0 Å². The number of halogens is 1. The van der Waals surface area contributed by atoms with Crippen molar-refractivity contribution in [2.45, 2.75) is 12.2 Å². The van der Waals surface area contributed by atoms with Gasteiger partial charge in [0.2, 0.25) is 0 Å². The van der Waals surface area contributed by atoms with E-state index in [1.54, 1.807) is 0 Å². The number of nitro benzene ring substituents is 1. The van der Waals surface area contributed by atoms with Crippen LogP contribution in [0.4, 0.5) is 11.4 Å². The number of benzene rings is 1. The van der Waals surface area contributed by atoms with Crippen molar-refractivity contribution in [2.24, 2.45) is 0 Å². The van der Waals surface area contributed by atoms with E-state index in [1.165, 1.54) is 23.1 Å². The molecule has 0 aliphatic carbocycles. The van der Waals surface area contributed by atoms with E-state index in [2.05, 4.69) is 0 Å². The lowest BCUT2D eigenvalue weighted by Gasteiger charge is -2.29. The predicted octanol–water partition coefficient (Wildman–Crippen LogP) is -0.239. The van der Waals surface area contributed by atoms with Crippen molar-refractivity contribution < 1.29 is 25.3 Å². The molecular weight excluding hydrogens is 304 g/mol. The minimum Gasteiger partial charge on any atom is -0.394 e. The van der Waals surface area contributed by atoms with Gasteiger partial charge in [-0.3, -0.25) is 10.1 Å². The van der Waals surface area contributed by atoms with Gasteiger partial charge in [0.05, 0.1) is 41.1 Å². The van der Waals surface area contributed by atoms with Crippen molar-refractivity contribution in [3.8, 4) is 0 Å². The summed E-state index contributed by atoms with van der Waals surface area (Å²) in [6.45, 7) is -1.24. The fraction of sp³-hybridized carbons (Fsp3) is 0.500. The lowest BCUT2D eigenvalue weighted by atomic mass is 10.2. The summed E-state index contributed by atoms with van der Waals surface area (Å²) < 4.78 is 0. The normalized spacial score (nSPS) is 13.8. The van der Waals surface area contributed by atoms with Crippen molar-refractivity contribution in [1.29, 1.82) is 0 Å². The largest absolute Gasteiger partial charge is 0.394 e. The average Bonchev–Trinajstić information content (AvgIpc) is 2.46. The first-order valence-electron chi connectivity index (χ1n) is 6.15. The number of aliphatic hydroxyl groups excluding tert-OH is 4. The second-order valence-electron chi connectivity index (χ2n) is 4.47. The predicted molar refractivity (Wildman–Crippen MR) is 76.5 cm³/mol. The van der Waals surface area contributed by atoms with Gasteiger partial charge in [-0.25, -0.2) is 0 Å². The molecule has 21 heavy (non-hydrogen) atoms. The molecule has 4 N–H and O–H groups in total. The Morgan fingerprint density at radius 3 is 2.14 bits per heavy atom. The summed E-state index contributed by atoms with van der Waals surface area (Å²) in [5, 5.41) is 47.9. The zero-order chi connectivity index (χ0) is 16.0. The second-order valence-corrected chi connectivity index (χ2v) is 4.88. The summed E-state index contributed by atoms with van der Waals surface area (Å²) in [6, 6.07) is 3.77. The third-order valence-electron chi connectivity index (χ3n) is 2.76. The summed E-state index contributed by atoms with van der Waals surface area (Å²) in [5.74, 6) is 0. The van der Waals surface area contributed by atoms with Crippen LogP contribution in [0, 0.1) is 10.1 Å². The molecule has 0 radical (unpaired) electrons. The van der Waals surface area contributed by atoms with Crippen molar-refractivity contribution >= 4 is 23.0 Å². The van der Waals surface area contributed by atoms with Crippen LogP contribution in [0.25, 0.3) is 0 Å². The van der Waals surface area contributed by atoms with E-state index >= 15 is 0 Å². The Morgan fingerprint density at radius 1 is 1.19 bits per heavy atom. The minimum atomic E-state index is -1.12. The summed E-state index contributed by atoms with van der Waals surface area (Å²) in [5.41, 5.74) is 0.0299. The summed E-state index contributed by atoms with van der Waals surface area (Å²) in [6.07, 6.45) is -2.24. The molecule has 0 bridgehead atoms. The first-order chi connectivity index (χ1) is 9.88. The Kier molecular flexibility index (Phi) is 6.79. The van der Waals surface area contributed by atoms with Gasteiger partial charge in [-0.1, -0.05) is 11.6 Å². The fourth-order valence-corrected chi connectivity index (χ4v) is 1.99. The van der Waals surface area contributed by atoms with Gasteiger partial charge in [0.25, 0.3) is 5.69 Å². The first-order valence-corrected chi connectivity index (χ1v) is 6.53. The molecule has 0 heterocycles. The third-order valence-corrected chi connectivity index (χ3v) is 3.08. The maximum atomic E-state index is 10.8. The highest BCUT2D eigenvalue weighted by molar-refractivity contribution is 6.33. The highest BCUT2D eigenvalue weighted by Gasteiger charge is 2.20. The molecule has 0 aliphatic rings. The third kappa shape index (κ3) is 5.10. The zero-order valence-electron chi connectivity index (χ0n) is 11.1. The molecule has 0 amide bonds. The SMILES string of the molecule is O=[N+]([O-])c1ccc(Cl)c(N(CC(O)CO)CC(O)CO)c1. The number of nitro groups is 1. The van der Waals surface area contributed by atoms with Crippen LogP contribution < -0.4 is 4.90 Å². The standard InChI is InChI=1S/C12H17ClN2O6/c13-11-2-1-8(15(20)21)3-12(11)14(4-9(18)6-16)5-10(19)7-17/h1-3,9-10,16-19H,4-7H2. The van der Waals surface area contributed by atoms with E-state index in [1.807, 2.05) is 0 Å². The Labute approximate surface area is 126 Å². The van der Waals surface area contributed by atoms with Gasteiger partial charge >= 0.3 is 0 Å². The van der Waals surface area contributed by atoms with Gasteiger partial charge in [-0.2, -0.15) is 0 Å². The van der Waals surface area contributed by atoms with Crippen LogP contribution in [-0.4, -0.2) is 63.9 Å². The van der Waals surface area contributed by atoms with Crippen LogP contribution >= 0.6 is 11.6 Å². The molecule has 118 valence electrons. The van der Waals surface area contributed by atoms with Crippen molar-refractivity contribution in [1.82, 2.24) is 0 Å². The molecule has 0 saturated heterocycles. The van der Waals surface area contributed by atoms with E-state index in [0.29, 0.717) is 0 Å². The smallest absolute Gasteiger partial charge is 0.271 e. The van der Waals surface area contributed by atoms with E-state index in [4.69, 9.17) is 21.8 Å². The molecule has 9 heteroatoms. The van der Waals surface area contributed by atoms with Crippen LogP contribution in [0.2, 0.25) is 5.02 Å². The zero-order valence-corrected chi connectivity index (χ0v) is 11.8. The van der Waals surface area contributed by atoms with Crippen LogP contribution in [0.15, 0.2) is 18.2 Å². The monoisotopic (exact) mass is 320 g/mol. The Bertz CT molecular complexity index is 475. The van der Waals surface area contributed by atoms with E-state index in [0.717, 1.165) is 0 Å². The molecule has 0 fully saturated rings. The van der Waals surface area contributed by atoms with Gasteiger partial charge in [0.1, 0.15) is 0 Å². The van der Waals surface area contributed by atoms with E-state index in [9.17, 15) is 20.3 Å². The molecule has 8 nitrogen and oxygen atoms in total. The number of hydrogen-bond donors (Lipinski definition) is 4. The Morgan fingerprint density at radius 2 is 1.71 bits per heavy atom. The minimum absolute atomic E-state index is 0.103. The van der Waals surface area contributed by atoms with Gasteiger partial charge < -0.3 is 25.3 Å². The molecule has 2 unspecified atom stereocenters. The molecule has 2 atom stereocenters. The molecule has 1 rings (SSSR count). The summed E-state index contributed by atoms with van der Waals surface area (Å²) >= 11 is 6.00. The van der Waals surface area contributed by atoms with Gasteiger partial charge in [-0.05, 0) is 6.07 Å². The molecule has 0 spiro atoms. The van der Waals surface area contributed by atoms with Crippen molar-refractivity contribution in [3.05, 3.63) is 33.3 Å². The van der Waals surface area contributed by atoms with Crippen LogP contribution in [0.5, 0.6) is 0 Å². The fourth-order valence-electron chi connectivity index (χ4n) is 1.75. The maximum Gasteiger partial charge on any atom is 0.271 e. The number of aliphatic hydroxyl groups is 4. The lowest BCUT2D eigenvalue weighted by molar-refractivity contribution is -0.384. The second kappa shape index (κ2) is 8.11. The number of non-ortho nitro benzene ring substituents is 1. The van der Waals surface area contributed by atoms with Crippen molar-refractivity contribution in [2.75, 3.05) is 31.2 Å². The van der Waals surface area contributed by atoms with Gasteiger partial charge in [-0.15, -0.1) is 0 Å². The van der Waals surface area contributed by atoms with Gasteiger partial charge in [0, 0.05) is 25.2 Å². The summed E-state index contributed by atoms with van der Waals surface area (Å²) in [7, 11) is 0. The van der Waals surface area contributed by atoms with Crippen molar-refractivity contribution in [3.63, 3.8) is 0 Å². The highest BCUT2D eigenvalue weighted by atomic mass is 35.5. The topological polar surface area (TPSA) is 127 Å². The Hall–Kier alpha value is -1.45. The number of hydrogen-bond acceptors (Lipinski definition) is 7. The van der Waals surface area contributed by atoms with Crippen LogP contribution in [-0.2, 0) is 0 Å². The van der Waals surface area contributed by atoms with E-state index < -0.39 is 30.3 Å². The van der Waals surface area contributed by atoms with E-state index in [-0.39, 0.29) is 29.5 Å². The molecule has 0 saturated carbocycles. The molecule has 1 aromatic carbocycles. The number of nitrogens with zero attached hydrogens (tertiary/aromatic N) is 2. The average molecular weight is 321 g/mol. The van der Waals surface area contributed by atoms with Crippen LogP contribution in [0.3, 0.4) is 0 Å². The highest BCUT2D eigenvalue weighted by Crippen LogP contribution is 2.30. The molecule has 1 aromatic rings. The number of anilines is 1. The summed E-state index contributed by atoms with van der Waals surface area (Å²) in [4.78, 5) is 11.6. The lowest BCUT2D eigenvalue weighted by Crippen LogP contribution is -2.40. The maximum absolute atomic E-state index is 10.8. The molecular formula is C12H17ClN2O6. The van der Waals surface area contributed by atoms with Crippen LogP contribution in [0.1, 0.15) is 0 Å².